The summed E-state index contributed by atoms with van der Waals surface area (Å²) in [5.41, 5.74) is 9.18. The summed E-state index contributed by atoms with van der Waals surface area (Å²) in [7, 11) is 0. The number of primary amides is 1. The van der Waals surface area contributed by atoms with Gasteiger partial charge >= 0.3 is 6.03 Å². The third-order valence-electron chi connectivity index (χ3n) is 2.71. The van der Waals surface area contributed by atoms with Gasteiger partial charge in [0.15, 0.2) is 0 Å². The van der Waals surface area contributed by atoms with Crippen LogP contribution in [0.25, 0.3) is 11.1 Å². The second-order valence-corrected chi connectivity index (χ2v) is 4.13. The van der Waals surface area contributed by atoms with E-state index in [1.807, 2.05) is 12.1 Å². The van der Waals surface area contributed by atoms with E-state index < -0.39 is 11.0 Å². The van der Waals surface area contributed by atoms with Crippen LogP contribution in [-0.2, 0) is 0 Å². The third-order valence-corrected chi connectivity index (χ3v) is 2.71. The normalized spacial score (nSPS) is 10.5. The molecule has 0 aliphatic heterocycles. The number of hydrogen-bond donors (Lipinski definition) is 2. The van der Waals surface area contributed by atoms with Gasteiger partial charge in [-0.15, -0.1) is 0 Å². The first-order valence-electron chi connectivity index (χ1n) is 6.00. The number of benzene rings is 2. The highest BCUT2D eigenvalue weighted by Gasteiger charge is 2.09. The smallest absolute Gasteiger partial charge is 0.332 e. The molecule has 0 atom stereocenters. The lowest BCUT2D eigenvalue weighted by Gasteiger charge is -2.05. The molecule has 0 bridgehead atoms. The predicted molar refractivity (Wildman–Crippen MR) is 78.8 cm³/mol. The molecule has 2 aromatic carbocycles. The molecule has 2 amide bonds. The Balaban J connectivity index is 2.40. The van der Waals surface area contributed by atoms with E-state index in [9.17, 15) is 14.9 Å². The Kier molecular flexibility index (Phi) is 4.25. The summed E-state index contributed by atoms with van der Waals surface area (Å²) in [6, 6.07) is 12.7. The van der Waals surface area contributed by atoms with Gasteiger partial charge in [-0.2, -0.15) is 5.10 Å². The Hall–Kier alpha value is -3.22. The highest BCUT2D eigenvalue weighted by Crippen LogP contribution is 2.26. The SMILES string of the molecule is NC(=O)NN=Cc1ccccc1-c1cccc([N+](=O)[O-])c1. The summed E-state index contributed by atoms with van der Waals surface area (Å²) in [6.45, 7) is 0. The van der Waals surface area contributed by atoms with Gasteiger partial charge in [0, 0.05) is 17.7 Å². The van der Waals surface area contributed by atoms with Crippen molar-refractivity contribution in [3.63, 3.8) is 0 Å². The lowest BCUT2D eigenvalue weighted by atomic mass is 10.00. The molecule has 7 nitrogen and oxygen atoms in total. The fourth-order valence-electron chi connectivity index (χ4n) is 1.82. The molecule has 2 rings (SSSR count). The van der Waals surface area contributed by atoms with E-state index in [-0.39, 0.29) is 5.69 Å². The summed E-state index contributed by atoms with van der Waals surface area (Å²) in [5, 5.41) is 14.5. The summed E-state index contributed by atoms with van der Waals surface area (Å²) in [5.74, 6) is 0. The number of carbonyl (C=O) groups is 1. The van der Waals surface area contributed by atoms with E-state index >= 15 is 0 Å². The highest BCUT2D eigenvalue weighted by atomic mass is 16.6. The van der Waals surface area contributed by atoms with Crippen molar-refractivity contribution in [2.24, 2.45) is 10.8 Å². The number of hydrogen-bond acceptors (Lipinski definition) is 4. The molecule has 0 saturated carbocycles. The molecule has 7 heteroatoms. The van der Waals surface area contributed by atoms with Gasteiger partial charge < -0.3 is 5.73 Å². The summed E-state index contributed by atoms with van der Waals surface area (Å²) in [6.07, 6.45) is 1.43. The maximum absolute atomic E-state index is 10.8. The number of carbonyl (C=O) groups excluding carboxylic acids is 1. The number of non-ortho nitro benzene ring substituents is 1. The standard InChI is InChI=1S/C14H12N4O3/c15-14(19)17-16-9-11-4-1-2-7-13(11)10-5-3-6-12(8-10)18(20)21/h1-9H,(H3,15,17,19). The molecule has 0 fully saturated rings. The number of nitro benzene ring substituents is 1. The molecule has 0 radical (unpaired) electrons. The first-order valence-corrected chi connectivity index (χ1v) is 6.00. The van der Waals surface area contributed by atoms with E-state index in [1.165, 1.54) is 18.3 Å². The van der Waals surface area contributed by atoms with Crippen LogP contribution in [0.1, 0.15) is 5.56 Å². The van der Waals surface area contributed by atoms with Gasteiger partial charge in [0.1, 0.15) is 0 Å². The van der Waals surface area contributed by atoms with Gasteiger partial charge in [-0.05, 0) is 11.1 Å². The third kappa shape index (κ3) is 3.63. The summed E-state index contributed by atoms with van der Waals surface area (Å²) < 4.78 is 0. The fraction of sp³-hybridized carbons (Fsp3) is 0. The zero-order valence-electron chi connectivity index (χ0n) is 10.9. The molecular weight excluding hydrogens is 272 g/mol. The Morgan fingerprint density at radius 1 is 1.24 bits per heavy atom. The number of nitrogens with one attached hydrogen (secondary N) is 1. The van der Waals surface area contributed by atoms with Crippen LogP contribution in [0.5, 0.6) is 0 Å². The Bertz CT molecular complexity index is 713. The number of rotatable bonds is 4. The van der Waals surface area contributed by atoms with E-state index in [2.05, 4.69) is 10.5 Å². The van der Waals surface area contributed by atoms with Crippen molar-refractivity contribution < 1.29 is 9.72 Å². The molecule has 0 heterocycles. The van der Waals surface area contributed by atoms with Crippen molar-refractivity contribution >= 4 is 17.9 Å². The Morgan fingerprint density at radius 3 is 2.71 bits per heavy atom. The van der Waals surface area contributed by atoms with Crippen LogP contribution < -0.4 is 11.2 Å². The van der Waals surface area contributed by atoms with Gasteiger partial charge in [0.25, 0.3) is 5.69 Å². The molecule has 21 heavy (non-hydrogen) atoms. The average Bonchev–Trinajstić information content (AvgIpc) is 2.47. The van der Waals surface area contributed by atoms with Crippen LogP contribution in [0.3, 0.4) is 0 Å². The summed E-state index contributed by atoms with van der Waals surface area (Å²) >= 11 is 0. The van der Waals surface area contributed by atoms with Crippen LogP contribution in [0.4, 0.5) is 10.5 Å². The molecule has 0 spiro atoms. The van der Waals surface area contributed by atoms with Gasteiger partial charge in [-0.3, -0.25) is 10.1 Å². The number of urea groups is 1. The maximum Gasteiger partial charge on any atom is 0.332 e. The number of hydrazone groups is 1. The molecule has 0 aliphatic carbocycles. The molecule has 0 aromatic heterocycles. The fourth-order valence-corrected chi connectivity index (χ4v) is 1.82. The zero-order chi connectivity index (χ0) is 15.2. The molecular formula is C14H12N4O3. The quantitative estimate of drug-likeness (QED) is 0.510. The van der Waals surface area contributed by atoms with Crippen LogP contribution >= 0.6 is 0 Å². The first kappa shape index (κ1) is 14.2. The number of nitrogens with zero attached hydrogens (tertiary/aromatic N) is 2. The predicted octanol–water partition coefficient (Wildman–Crippen LogP) is 2.26. The van der Waals surface area contributed by atoms with Crippen molar-refractivity contribution in [1.82, 2.24) is 5.43 Å². The van der Waals surface area contributed by atoms with E-state index in [1.54, 1.807) is 24.3 Å². The second-order valence-electron chi connectivity index (χ2n) is 4.13. The van der Waals surface area contributed by atoms with Crippen LogP contribution in [0.15, 0.2) is 53.6 Å². The monoisotopic (exact) mass is 284 g/mol. The van der Waals surface area contributed by atoms with Gasteiger partial charge in [-0.25, -0.2) is 10.2 Å². The Labute approximate surface area is 120 Å². The topological polar surface area (TPSA) is 111 Å². The summed E-state index contributed by atoms with van der Waals surface area (Å²) in [4.78, 5) is 21.0. The minimum atomic E-state index is -0.765. The minimum Gasteiger partial charge on any atom is -0.350 e. The first-order chi connectivity index (χ1) is 10.1. The van der Waals surface area contributed by atoms with Crippen molar-refractivity contribution in [3.05, 3.63) is 64.2 Å². The van der Waals surface area contributed by atoms with Crippen LogP contribution in [-0.4, -0.2) is 17.2 Å². The van der Waals surface area contributed by atoms with Crippen molar-refractivity contribution in [2.45, 2.75) is 0 Å². The molecule has 0 saturated heterocycles. The van der Waals surface area contributed by atoms with Gasteiger partial charge in [0.2, 0.25) is 0 Å². The lowest BCUT2D eigenvalue weighted by molar-refractivity contribution is -0.384. The van der Waals surface area contributed by atoms with E-state index in [4.69, 9.17) is 5.73 Å². The minimum absolute atomic E-state index is 0.00880. The highest BCUT2D eigenvalue weighted by molar-refractivity contribution is 5.91. The van der Waals surface area contributed by atoms with E-state index in [0.717, 1.165) is 5.56 Å². The molecule has 106 valence electrons. The number of nitrogens with two attached hydrogens (primary N) is 1. The van der Waals surface area contributed by atoms with Gasteiger partial charge in [-0.1, -0.05) is 36.4 Å². The largest absolute Gasteiger partial charge is 0.350 e. The number of amides is 2. The molecule has 3 N–H and O–H groups in total. The zero-order valence-corrected chi connectivity index (χ0v) is 10.9. The van der Waals surface area contributed by atoms with Crippen molar-refractivity contribution in [1.29, 1.82) is 0 Å². The van der Waals surface area contributed by atoms with Gasteiger partial charge in [0.05, 0.1) is 11.1 Å². The second kappa shape index (κ2) is 6.29. The maximum atomic E-state index is 10.8. The molecule has 0 unspecified atom stereocenters. The Morgan fingerprint density at radius 2 is 2.00 bits per heavy atom. The van der Waals surface area contributed by atoms with E-state index in [0.29, 0.717) is 11.1 Å². The number of nitro groups is 1. The average molecular weight is 284 g/mol. The lowest BCUT2D eigenvalue weighted by Crippen LogP contribution is -2.24. The van der Waals surface area contributed by atoms with Crippen molar-refractivity contribution in [2.75, 3.05) is 0 Å². The molecule has 0 aliphatic rings. The van der Waals surface area contributed by atoms with Crippen LogP contribution in [0, 0.1) is 10.1 Å². The molecule has 2 aromatic rings. The van der Waals surface area contributed by atoms with Crippen molar-refractivity contribution in [3.8, 4) is 11.1 Å². The van der Waals surface area contributed by atoms with Crippen LogP contribution in [0.2, 0.25) is 0 Å².